The zero-order valence-electron chi connectivity index (χ0n) is 12.1. The summed E-state index contributed by atoms with van der Waals surface area (Å²) in [7, 11) is -2.97. The van der Waals surface area contributed by atoms with Crippen LogP contribution in [0.5, 0.6) is 0 Å². The second kappa shape index (κ2) is 6.70. The van der Waals surface area contributed by atoms with Crippen LogP contribution in [0.15, 0.2) is 0 Å². The average molecular weight is 290 g/mol. The van der Waals surface area contributed by atoms with Gasteiger partial charge in [0.15, 0.2) is 9.84 Å². The van der Waals surface area contributed by atoms with Gasteiger partial charge in [-0.25, -0.2) is 8.42 Å². The van der Waals surface area contributed by atoms with Crippen LogP contribution in [0.1, 0.15) is 40.0 Å². The minimum absolute atomic E-state index is 0.00875. The third-order valence-electron chi connectivity index (χ3n) is 3.86. The number of nitrogens with two attached hydrogens (primary N) is 1. The predicted octanol–water partition coefficient (Wildman–Crippen LogP) is 0.786. The number of hydrogen-bond donors (Lipinski definition) is 1. The third-order valence-corrected chi connectivity index (χ3v) is 5.61. The lowest BCUT2D eigenvalue weighted by Crippen LogP contribution is -2.47. The van der Waals surface area contributed by atoms with Gasteiger partial charge in [0.25, 0.3) is 0 Å². The van der Waals surface area contributed by atoms with E-state index in [2.05, 4.69) is 6.92 Å². The van der Waals surface area contributed by atoms with Crippen molar-refractivity contribution in [3.05, 3.63) is 0 Å². The van der Waals surface area contributed by atoms with E-state index < -0.39 is 9.84 Å². The van der Waals surface area contributed by atoms with Crippen LogP contribution in [0.2, 0.25) is 0 Å². The topological polar surface area (TPSA) is 80.5 Å². The SMILES string of the molecule is CCCCN(C(=O)C(C)C(C)N)C1CCS(=O)(=O)C1. The molecule has 0 aromatic carbocycles. The molecule has 1 fully saturated rings. The Bertz CT molecular complexity index is 406. The fraction of sp³-hybridized carbons (Fsp3) is 0.923. The molecule has 3 atom stereocenters. The van der Waals surface area contributed by atoms with Gasteiger partial charge >= 0.3 is 0 Å². The largest absolute Gasteiger partial charge is 0.338 e. The Morgan fingerprint density at radius 2 is 2.05 bits per heavy atom. The van der Waals surface area contributed by atoms with Crippen molar-refractivity contribution in [2.45, 2.75) is 52.1 Å². The van der Waals surface area contributed by atoms with Gasteiger partial charge in [0.1, 0.15) is 0 Å². The van der Waals surface area contributed by atoms with E-state index in [1.165, 1.54) is 0 Å². The molecule has 0 spiro atoms. The number of sulfone groups is 1. The second-order valence-corrected chi connectivity index (χ2v) is 7.82. The molecule has 1 aliphatic heterocycles. The van der Waals surface area contributed by atoms with Crippen LogP contribution >= 0.6 is 0 Å². The van der Waals surface area contributed by atoms with E-state index in [-0.39, 0.29) is 35.4 Å². The minimum Gasteiger partial charge on any atom is -0.338 e. The molecule has 6 heteroatoms. The van der Waals surface area contributed by atoms with Crippen molar-refractivity contribution < 1.29 is 13.2 Å². The molecule has 0 aromatic heterocycles. The highest BCUT2D eigenvalue weighted by Gasteiger charge is 2.36. The van der Waals surface area contributed by atoms with Crippen molar-refractivity contribution in [1.29, 1.82) is 0 Å². The van der Waals surface area contributed by atoms with E-state index in [9.17, 15) is 13.2 Å². The molecule has 0 bridgehead atoms. The normalized spacial score (nSPS) is 24.9. The smallest absolute Gasteiger partial charge is 0.227 e. The average Bonchev–Trinajstić information content (AvgIpc) is 2.68. The van der Waals surface area contributed by atoms with Crippen LogP contribution in [0, 0.1) is 5.92 Å². The number of amides is 1. The van der Waals surface area contributed by atoms with E-state index in [1.807, 2.05) is 13.8 Å². The van der Waals surface area contributed by atoms with Gasteiger partial charge in [-0.15, -0.1) is 0 Å². The molecule has 0 saturated carbocycles. The van der Waals surface area contributed by atoms with Crippen LogP contribution in [-0.4, -0.2) is 49.4 Å². The van der Waals surface area contributed by atoms with Crippen LogP contribution in [-0.2, 0) is 14.6 Å². The fourth-order valence-electron chi connectivity index (χ4n) is 2.31. The molecule has 1 heterocycles. The van der Waals surface area contributed by atoms with Crippen molar-refractivity contribution >= 4 is 15.7 Å². The standard InChI is InChI=1S/C13H26N2O3S/c1-4-5-7-15(13(16)10(2)11(3)14)12-6-8-19(17,18)9-12/h10-12H,4-9,14H2,1-3H3. The fourth-order valence-corrected chi connectivity index (χ4v) is 4.04. The molecular weight excluding hydrogens is 264 g/mol. The Morgan fingerprint density at radius 3 is 2.47 bits per heavy atom. The highest BCUT2D eigenvalue weighted by atomic mass is 32.2. The molecule has 5 nitrogen and oxygen atoms in total. The maximum absolute atomic E-state index is 12.4. The number of unbranched alkanes of at least 4 members (excludes halogenated alkanes) is 1. The summed E-state index contributed by atoms with van der Waals surface area (Å²) in [6, 6.07) is -0.375. The molecule has 0 aliphatic carbocycles. The maximum atomic E-state index is 12.4. The van der Waals surface area contributed by atoms with Crippen LogP contribution < -0.4 is 5.73 Å². The Hall–Kier alpha value is -0.620. The summed E-state index contributed by atoms with van der Waals surface area (Å²) < 4.78 is 23.2. The van der Waals surface area contributed by atoms with E-state index in [1.54, 1.807) is 4.90 Å². The first kappa shape index (κ1) is 16.4. The number of nitrogens with zero attached hydrogens (tertiary/aromatic N) is 1. The van der Waals surface area contributed by atoms with Crippen molar-refractivity contribution in [1.82, 2.24) is 4.90 Å². The van der Waals surface area contributed by atoms with E-state index >= 15 is 0 Å². The molecule has 112 valence electrons. The lowest BCUT2D eigenvalue weighted by Gasteiger charge is -2.31. The summed E-state index contributed by atoms with van der Waals surface area (Å²) in [4.78, 5) is 14.2. The van der Waals surface area contributed by atoms with E-state index in [0.29, 0.717) is 13.0 Å². The van der Waals surface area contributed by atoms with Crippen molar-refractivity contribution in [2.24, 2.45) is 11.7 Å². The van der Waals surface area contributed by atoms with Crippen molar-refractivity contribution in [3.63, 3.8) is 0 Å². The second-order valence-electron chi connectivity index (χ2n) is 5.59. The van der Waals surface area contributed by atoms with Crippen LogP contribution in [0.25, 0.3) is 0 Å². The van der Waals surface area contributed by atoms with E-state index in [4.69, 9.17) is 5.73 Å². The number of rotatable bonds is 6. The first-order chi connectivity index (χ1) is 8.78. The molecule has 1 aliphatic rings. The van der Waals surface area contributed by atoms with Crippen LogP contribution in [0.3, 0.4) is 0 Å². The zero-order valence-corrected chi connectivity index (χ0v) is 12.9. The monoisotopic (exact) mass is 290 g/mol. The molecule has 0 radical (unpaired) electrons. The molecule has 3 unspecified atom stereocenters. The summed E-state index contributed by atoms with van der Waals surface area (Å²) in [6.07, 6.45) is 2.44. The summed E-state index contributed by atoms with van der Waals surface area (Å²) in [6.45, 7) is 6.32. The van der Waals surface area contributed by atoms with Gasteiger partial charge in [0.2, 0.25) is 5.91 Å². The maximum Gasteiger partial charge on any atom is 0.227 e. The number of carbonyl (C=O) groups is 1. The molecule has 1 saturated heterocycles. The lowest BCUT2D eigenvalue weighted by atomic mass is 10.0. The van der Waals surface area contributed by atoms with Gasteiger partial charge in [-0.2, -0.15) is 0 Å². The first-order valence-corrected chi connectivity index (χ1v) is 8.87. The van der Waals surface area contributed by atoms with E-state index in [0.717, 1.165) is 12.8 Å². The molecule has 2 N–H and O–H groups in total. The first-order valence-electron chi connectivity index (χ1n) is 7.05. The minimum atomic E-state index is -2.97. The summed E-state index contributed by atoms with van der Waals surface area (Å²) in [5.41, 5.74) is 5.79. The summed E-state index contributed by atoms with van der Waals surface area (Å²) in [5.74, 6) is 0.0274. The van der Waals surface area contributed by atoms with Gasteiger partial charge < -0.3 is 10.6 Å². The van der Waals surface area contributed by atoms with Crippen molar-refractivity contribution in [2.75, 3.05) is 18.1 Å². The Balaban J connectivity index is 2.80. The quantitative estimate of drug-likeness (QED) is 0.784. The highest BCUT2D eigenvalue weighted by molar-refractivity contribution is 7.91. The van der Waals surface area contributed by atoms with Gasteiger partial charge in [0.05, 0.1) is 17.4 Å². The number of hydrogen-bond acceptors (Lipinski definition) is 4. The molecule has 19 heavy (non-hydrogen) atoms. The molecule has 0 aromatic rings. The highest BCUT2D eigenvalue weighted by Crippen LogP contribution is 2.21. The van der Waals surface area contributed by atoms with Gasteiger partial charge in [-0.1, -0.05) is 20.3 Å². The Kier molecular flexibility index (Phi) is 5.80. The molecular formula is C13H26N2O3S. The number of carbonyl (C=O) groups excluding carboxylic acids is 1. The summed E-state index contributed by atoms with van der Waals surface area (Å²) in [5, 5.41) is 0. The summed E-state index contributed by atoms with van der Waals surface area (Å²) >= 11 is 0. The Labute approximate surface area is 116 Å². The lowest BCUT2D eigenvalue weighted by molar-refractivity contribution is -0.137. The molecule has 1 amide bonds. The predicted molar refractivity (Wildman–Crippen MR) is 76.5 cm³/mol. The molecule has 1 rings (SSSR count). The van der Waals surface area contributed by atoms with Gasteiger partial charge in [-0.05, 0) is 19.8 Å². The Morgan fingerprint density at radius 1 is 1.42 bits per heavy atom. The zero-order chi connectivity index (χ0) is 14.6. The third kappa shape index (κ3) is 4.45. The van der Waals surface area contributed by atoms with Crippen LogP contribution in [0.4, 0.5) is 0 Å². The van der Waals surface area contributed by atoms with Gasteiger partial charge in [0, 0.05) is 18.6 Å². The van der Waals surface area contributed by atoms with Gasteiger partial charge in [-0.3, -0.25) is 4.79 Å². The van der Waals surface area contributed by atoms with Crippen molar-refractivity contribution in [3.8, 4) is 0 Å².